The van der Waals surface area contributed by atoms with E-state index in [1.807, 2.05) is 56.8 Å². The maximum atomic E-state index is 11.1. The molecule has 6 nitrogen and oxygen atoms in total. The van der Waals surface area contributed by atoms with Crippen molar-refractivity contribution >= 4 is 18.1 Å². The lowest BCUT2D eigenvalue weighted by molar-refractivity contribution is -0.0673. The molecule has 3 aromatic rings. The van der Waals surface area contributed by atoms with Gasteiger partial charge in [0.2, 0.25) is 0 Å². The van der Waals surface area contributed by atoms with Crippen LogP contribution in [0.3, 0.4) is 0 Å². The second-order valence-corrected chi connectivity index (χ2v) is 9.89. The molecule has 2 atom stereocenters. The van der Waals surface area contributed by atoms with E-state index in [4.69, 9.17) is 5.11 Å². The van der Waals surface area contributed by atoms with E-state index in [0.717, 1.165) is 27.8 Å². The zero-order valence-corrected chi connectivity index (χ0v) is 19.4. The number of rotatable bonds is 5. The van der Waals surface area contributed by atoms with Crippen molar-refractivity contribution in [3.8, 4) is 0 Å². The van der Waals surface area contributed by atoms with Crippen LogP contribution in [-0.4, -0.2) is 43.3 Å². The van der Waals surface area contributed by atoms with Crippen LogP contribution in [0.5, 0.6) is 0 Å². The fourth-order valence-electron chi connectivity index (χ4n) is 4.62. The number of aromatic carboxylic acids is 1. The third-order valence-electron chi connectivity index (χ3n) is 6.95. The molecule has 0 bridgehead atoms. The lowest BCUT2D eigenvalue weighted by atomic mass is 9.59. The van der Waals surface area contributed by atoms with Crippen LogP contribution in [0.4, 0.5) is 0 Å². The number of carboxylic acid groups (broad SMARTS) is 1. The molecule has 1 heterocycles. The van der Waals surface area contributed by atoms with Gasteiger partial charge in [0.1, 0.15) is 0 Å². The van der Waals surface area contributed by atoms with E-state index in [9.17, 15) is 15.0 Å². The van der Waals surface area contributed by atoms with E-state index in [-0.39, 0.29) is 5.56 Å². The average molecular weight is 447 g/mol. The molecule has 0 aliphatic heterocycles. The Balaban J connectivity index is 1.83. The standard InChI is InChI=1S/C27H30N2O4/c1-26(2)21-14-19(11-8-17-6-9-18(10-7-17)25(32)33)20(16-29-13-5-12-28-29)15-22(21)27(3,4)24(31)23(26)30/h5-15,23-24,30-31H,16H2,1-4H3,(H,32,33)/b11-8+/t23-,24-/m1/s1. The summed E-state index contributed by atoms with van der Waals surface area (Å²) in [5.74, 6) is -0.952. The first-order valence-electron chi connectivity index (χ1n) is 11.0. The van der Waals surface area contributed by atoms with Crippen LogP contribution in [0, 0.1) is 0 Å². The van der Waals surface area contributed by atoms with Crippen LogP contribution in [0.25, 0.3) is 12.2 Å². The van der Waals surface area contributed by atoms with Gasteiger partial charge in [-0.2, -0.15) is 5.10 Å². The smallest absolute Gasteiger partial charge is 0.335 e. The van der Waals surface area contributed by atoms with Crippen molar-refractivity contribution in [2.24, 2.45) is 0 Å². The summed E-state index contributed by atoms with van der Waals surface area (Å²) in [4.78, 5) is 11.1. The second kappa shape index (κ2) is 8.28. The molecule has 1 aromatic heterocycles. The van der Waals surface area contributed by atoms with Crippen LogP contribution in [0.1, 0.15) is 65.9 Å². The number of aromatic nitrogens is 2. The van der Waals surface area contributed by atoms with Gasteiger partial charge >= 0.3 is 5.97 Å². The van der Waals surface area contributed by atoms with Crippen LogP contribution >= 0.6 is 0 Å². The fourth-order valence-corrected chi connectivity index (χ4v) is 4.62. The van der Waals surface area contributed by atoms with E-state index in [0.29, 0.717) is 6.54 Å². The lowest BCUT2D eigenvalue weighted by Crippen LogP contribution is -2.56. The fraction of sp³-hybridized carbons (Fsp3) is 0.333. The van der Waals surface area contributed by atoms with E-state index in [1.54, 1.807) is 30.5 Å². The van der Waals surface area contributed by atoms with Gasteiger partial charge in [-0.15, -0.1) is 0 Å². The summed E-state index contributed by atoms with van der Waals surface area (Å²) >= 11 is 0. The Kier molecular flexibility index (Phi) is 5.76. The molecule has 0 radical (unpaired) electrons. The van der Waals surface area contributed by atoms with Crippen LogP contribution in [-0.2, 0) is 17.4 Å². The van der Waals surface area contributed by atoms with Crippen molar-refractivity contribution in [2.75, 3.05) is 0 Å². The highest BCUT2D eigenvalue weighted by molar-refractivity contribution is 5.88. The maximum Gasteiger partial charge on any atom is 0.335 e. The van der Waals surface area contributed by atoms with Gasteiger partial charge in [-0.25, -0.2) is 4.79 Å². The van der Waals surface area contributed by atoms with Crippen molar-refractivity contribution in [1.82, 2.24) is 9.78 Å². The van der Waals surface area contributed by atoms with Crippen LogP contribution in [0.15, 0.2) is 54.9 Å². The van der Waals surface area contributed by atoms with E-state index in [2.05, 4.69) is 17.2 Å². The minimum absolute atomic E-state index is 0.247. The molecule has 0 spiro atoms. The monoisotopic (exact) mass is 446 g/mol. The molecule has 172 valence electrons. The Labute approximate surface area is 193 Å². The number of hydrogen-bond donors (Lipinski definition) is 3. The molecule has 6 heteroatoms. The molecule has 2 aromatic carbocycles. The van der Waals surface area contributed by atoms with Gasteiger partial charge in [0.15, 0.2) is 0 Å². The topological polar surface area (TPSA) is 95.6 Å². The third kappa shape index (κ3) is 4.12. The van der Waals surface area contributed by atoms with Crippen LogP contribution in [0.2, 0.25) is 0 Å². The molecule has 0 saturated heterocycles. The van der Waals surface area contributed by atoms with Gasteiger partial charge < -0.3 is 15.3 Å². The zero-order chi connectivity index (χ0) is 24.0. The Morgan fingerprint density at radius 1 is 1.00 bits per heavy atom. The summed E-state index contributed by atoms with van der Waals surface area (Å²) in [6.07, 6.45) is 5.84. The molecule has 0 saturated carbocycles. The van der Waals surface area contributed by atoms with Gasteiger partial charge in [0.25, 0.3) is 0 Å². The summed E-state index contributed by atoms with van der Waals surface area (Å²) in [7, 11) is 0. The van der Waals surface area contributed by atoms with E-state index >= 15 is 0 Å². The first-order chi connectivity index (χ1) is 15.5. The van der Waals surface area contributed by atoms with Gasteiger partial charge in [0.05, 0.1) is 24.3 Å². The average Bonchev–Trinajstić information content (AvgIpc) is 3.29. The summed E-state index contributed by atoms with van der Waals surface area (Å²) < 4.78 is 1.85. The highest BCUT2D eigenvalue weighted by Crippen LogP contribution is 2.47. The largest absolute Gasteiger partial charge is 0.478 e. The summed E-state index contributed by atoms with van der Waals surface area (Å²) in [6, 6.07) is 12.8. The lowest BCUT2D eigenvalue weighted by Gasteiger charge is -2.49. The minimum atomic E-state index is -0.952. The summed E-state index contributed by atoms with van der Waals surface area (Å²) in [5, 5.41) is 35.3. The van der Waals surface area contributed by atoms with Crippen molar-refractivity contribution in [3.63, 3.8) is 0 Å². The normalized spacial score (nSPS) is 21.2. The Morgan fingerprint density at radius 2 is 1.61 bits per heavy atom. The minimum Gasteiger partial charge on any atom is -0.478 e. The number of aliphatic hydroxyl groups excluding tert-OH is 2. The third-order valence-corrected chi connectivity index (χ3v) is 6.95. The number of benzene rings is 2. The number of hydrogen-bond acceptors (Lipinski definition) is 4. The highest BCUT2D eigenvalue weighted by Gasteiger charge is 2.50. The Bertz CT molecular complexity index is 1190. The molecule has 0 fully saturated rings. The zero-order valence-electron chi connectivity index (χ0n) is 19.4. The van der Waals surface area contributed by atoms with E-state index in [1.165, 1.54) is 0 Å². The molecule has 3 N–H and O–H groups in total. The molecule has 4 rings (SSSR count). The molecular formula is C27H30N2O4. The predicted octanol–water partition coefficient (Wildman–Crippen LogP) is 4.09. The predicted molar refractivity (Wildman–Crippen MR) is 128 cm³/mol. The molecule has 0 unspecified atom stereocenters. The van der Waals surface area contributed by atoms with Gasteiger partial charge in [-0.1, -0.05) is 64.1 Å². The first kappa shape index (κ1) is 23.0. The second-order valence-electron chi connectivity index (χ2n) is 9.89. The van der Waals surface area contributed by atoms with E-state index < -0.39 is 29.0 Å². The van der Waals surface area contributed by atoms with Gasteiger partial charge in [-0.05, 0) is 46.0 Å². The number of carbonyl (C=O) groups is 1. The molecule has 1 aliphatic carbocycles. The SMILES string of the molecule is CC1(C)c2cc(/C=C/c3ccc(C(=O)O)cc3)c(Cn3cccn3)cc2C(C)(C)[C@H](O)[C@H]1O. The molecule has 33 heavy (non-hydrogen) atoms. The molecule has 0 amide bonds. The Hall–Kier alpha value is -3.22. The number of aliphatic hydroxyl groups is 2. The van der Waals surface area contributed by atoms with Crippen molar-refractivity contribution in [3.05, 3.63) is 88.2 Å². The summed E-state index contributed by atoms with van der Waals surface area (Å²) in [6.45, 7) is 8.41. The van der Waals surface area contributed by atoms with Gasteiger partial charge in [0, 0.05) is 23.2 Å². The first-order valence-corrected chi connectivity index (χ1v) is 11.0. The molecular weight excluding hydrogens is 416 g/mol. The maximum absolute atomic E-state index is 11.1. The highest BCUT2D eigenvalue weighted by atomic mass is 16.4. The number of nitrogens with zero attached hydrogens (tertiary/aromatic N) is 2. The molecule has 1 aliphatic rings. The van der Waals surface area contributed by atoms with Crippen molar-refractivity contribution < 1.29 is 20.1 Å². The summed E-state index contributed by atoms with van der Waals surface area (Å²) in [5.41, 5.74) is 3.96. The number of fused-ring (bicyclic) bond motifs is 1. The Morgan fingerprint density at radius 3 is 2.15 bits per heavy atom. The van der Waals surface area contributed by atoms with Crippen molar-refractivity contribution in [2.45, 2.75) is 57.3 Å². The van der Waals surface area contributed by atoms with Crippen LogP contribution < -0.4 is 0 Å². The van der Waals surface area contributed by atoms with Gasteiger partial charge in [-0.3, -0.25) is 4.68 Å². The quantitative estimate of drug-likeness (QED) is 0.513. The number of carboxylic acids is 1. The van der Waals surface area contributed by atoms with Crippen molar-refractivity contribution in [1.29, 1.82) is 0 Å².